The summed E-state index contributed by atoms with van der Waals surface area (Å²) in [6, 6.07) is 19.0. The Bertz CT molecular complexity index is 1160. The van der Waals surface area contributed by atoms with Gasteiger partial charge in [-0.1, -0.05) is 48.5 Å². The molecule has 8 heteroatoms. The standard InChI is InChI=1S/C26H25N3O5/c1-16(12-25(31)32)28-24(30)13-17-10-11-18(14-27-17)29-26(33)34-15-23-21-8-4-2-6-19(21)20-7-3-5-9-22(20)23/h2-11,14,16,23H,12-13,15H2,1H3,(H,28,30)(H,29,33)(H,31,32)/t16-/m0/s1. The Kier molecular flexibility index (Phi) is 6.87. The minimum atomic E-state index is -0.977. The lowest BCUT2D eigenvalue weighted by Gasteiger charge is -2.14. The van der Waals surface area contributed by atoms with Gasteiger partial charge in [-0.3, -0.25) is 19.9 Å². The van der Waals surface area contributed by atoms with Crippen LogP contribution >= 0.6 is 0 Å². The third-order valence-electron chi connectivity index (χ3n) is 5.64. The Labute approximate surface area is 197 Å². The third kappa shape index (κ3) is 5.40. The largest absolute Gasteiger partial charge is 0.481 e. The molecule has 0 saturated heterocycles. The van der Waals surface area contributed by atoms with Crippen LogP contribution in [0.3, 0.4) is 0 Å². The summed E-state index contributed by atoms with van der Waals surface area (Å²) in [7, 11) is 0. The van der Waals surface area contributed by atoms with E-state index in [1.54, 1.807) is 19.1 Å². The first-order chi connectivity index (χ1) is 16.4. The SMILES string of the molecule is C[C@@H](CC(=O)O)NC(=O)Cc1ccc(NC(=O)OCC2c3ccccc3-c3ccccc32)cn1. The van der Waals surface area contributed by atoms with E-state index >= 15 is 0 Å². The molecule has 4 rings (SSSR count). The van der Waals surface area contributed by atoms with Crippen LogP contribution in [-0.2, 0) is 20.7 Å². The number of benzene rings is 2. The first-order valence-corrected chi connectivity index (χ1v) is 11.0. The number of aromatic nitrogens is 1. The second-order valence-electron chi connectivity index (χ2n) is 8.23. The summed E-state index contributed by atoms with van der Waals surface area (Å²) in [5.74, 6) is -1.33. The molecule has 0 fully saturated rings. The number of fused-ring (bicyclic) bond motifs is 3. The summed E-state index contributed by atoms with van der Waals surface area (Å²) in [4.78, 5) is 39.3. The van der Waals surface area contributed by atoms with Gasteiger partial charge in [0.25, 0.3) is 0 Å². The molecule has 0 spiro atoms. The van der Waals surface area contributed by atoms with Crippen LogP contribution in [0.4, 0.5) is 10.5 Å². The number of hydrogen-bond donors (Lipinski definition) is 3. The maximum Gasteiger partial charge on any atom is 0.411 e. The zero-order valence-corrected chi connectivity index (χ0v) is 18.7. The van der Waals surface area contributed by atoms with Gasteiger partial charge in [-0.05, 0) is 41.3 Å². The quantitative estimate of drug-likeness (QED) is 0.469. The molecular weight excluding hydrogens is 434 g/mol. The molecule has 1 aromatic heterocycles. The van der Waals surface area contributed by atoms with Crippen LogP contribution in [-0.4, -0.2) is 40.7 Å². The average molecular weight is 460 g/mol. The Morgan fingerprint density at radius 3 is 2.24 bits per heavy atom. The number of nitrogens with zero attached hydrogens (tertiary/aromatic N) is 1. The molecule has 0 radical (unpaired) electrons. The summed E-state index contributed by atoms with van der Waals surface area (Å²) in [5, 5.41) is 14.0. The number of hydrogen-bond acceptors (Lipinski definition) is 5. The number of nitrogens with one attached hydrogen (secondary N) is 2. The van der Waals surface area contributed by atoms with Crippen molar-refractivity contribution in [2.24, 2.45) is 0 Å². The van der Waals surface area contributed by atoms with Crippen LogP contribution in [0.15, 0.2) is 66.9 Å². The minimum Gasteiger partial charge on any atom is -0.481 e. The van der Waals surface area contributed by atoms with E-state index in [2.05, 4.69) is 39.9 Å². The van der Waals surface area contributed by atoms with Gasteiger partial charge in [0.2, 0.25) is 5.91 Å². The van der Waals surface area contributed by atoms with Crippen molar-refractivity contribution in [3.05, 3.63) is 83.7 Å². The van der Waals surface area contributed by atoms with E-state index in [9.17, 15) is 14.4 Å². The third-order valence-corrected chi connectivity index (χ3v) is 5.64. The van der Waals surface area contributed by atoms with Gasteiger partial charge in [0.1, 0.15) is 6.61 Å². The lowest BCUT2D eigenvalue weighted by molar-refractivity contribution is -0.137. The van der Waals surface area contributed by atoms with Gasteiger partial charge in [0.05, 0.1) is 24.7 Å². The topological polar surface area (TPSA) is 118 Å². The zero-order chi connectivity index (χ0) is 24.1. The van der Waals surface area contributed by atoms with Gasteiger partial charge in [-0.25, -0.2) is 4.79 Å². The number of carboxylic acid groups (broad SMARTS) is 1. The number of ether oxygens (including phenoxy) is 1. The van der Waals surface area contributed by atoms with E-state index in [-0.39, 0.29) is 31.3 Å². The second kappa shape index (κ2) is 10.2. The molecule has 34 heavy (non-hydrogen) atoms. The van der Waals surface area contributed by atoms with E-state index in [1.165, 1.54) is 6.20 Å². The Balaban J connectivity index is 1.30. The Hall–Kier alpha value is -4.20. The molecule has 1 aliphatic carbocycles. The fourth-order valence-corrected chi connectivity index (χ4v) is 4.16. The molecule has 2 amide bonds. The smallest absolute Gasteiger partial charge is 0.411 e. The highest BCUT2D eigenvalue weighted by Gasteiger charge is 2.29. The first kappa shape index (κ1) is 23.0. The molecule has 2 aromatic carbocycles. The minimum absolute atomic E-state index is 0.00911. The number of aliphatic carboxylic acids is 1. The fourth-order valence-electron chi connectivity index (χ4n) is 4.16. The lowest BCUT2D eigenvalue weighted by Crippen LogP contribution is -2.35. The van der Waals surface area contributed by atoms with Crippen molar-refractivity contribution in [2.75, 3.05) is 11.9 Å². The van der Waals surface area contributed by atoms with Crippen molar-refractivity contribution in [1.29, 1.82) is 0 Å². The van der Waals surface area contributed by atoms with Crippen LogP contribution in [0.25, 0.3) is 11.1 Å². The summed E-state index contributed by atoms with van der Waals surface area (Å²) >= 11 is 0. The van der Waals surface area contributed by atoms with E-state index in [0.717, 1.165) is 22.3 Å². The van der Waals surface area contributed by atoms with Gasteiger partial charge >= 0.3 is 12.1 Å². The maximum atomic E-state index is 12.4. The zero-order valence-electron chi connectivity index (χ0n) is 18.7. The molecule has 1 heterocycles. The number of carbonyl (C=O) groups is 3. The molecule has 3 aromatic rings. The van der Waals surface area contributed by atoms with Crippen molar-refractivity contribution < 1.29 is 24.2 Å². The van der Waals surface area contributed by atoms with Crippen LogP contribution in [0.1, 0.15) is 36.1 Å². The van der Waals surface area contributed by atoms with Crippen molar-refractivity contribution >= 4 is 23.7 Å². The lowest BCUT2D eigenvalue weighted by atomic mass is 9.98. The molecule has 3 N–H and O–H groups in total. The molecule has 8 nitrogen and oxygen atoms in total. The highest BCUT2D eigenvalue weighted by atomic mass is 16.5. The van der Waals surface area contributed by atoms with Crippen LogP contribution in [0.5, 0.6) is 0 Å². The predicted molar refractivity (Wildman–Crippen MR) is 126 cm³/mol. The van der Waals surface area contributed by atoms with Gasteiger partial charge in [0, 0.05) is 17.7 Å². The molecule has 0 saturated carbocycles. The Morgan fingerprint density at radius 2 is 1.65 bits per heavy atom. The number of anilines is 1. The van der Waals surface area contributed by atoms with Gasteiger partial charge < -0.3 is 15.2 Å². The van der Waals surface area contributed by atoms with E-state index in [1.807, 2.05) is 24.3 Å². The van der Waals surface area contributed by atoms with Crippen molar-refractivity contribution in [3.8, 4) is 11.1 Å². The average Bonchev–Trinajstić information content (AvgIpc) is 3.12. The Morgan fingerprint density at radius 1 is 1.00 bits per heavy atom. The monoisotopic (exact) mass is 459 g/mol. The maximum absolute atomic E-state index is 12.4. The van der Waals surface area contributed by atoms with E-state index in [0.29, 0.717) is 11.4 Å². The van der Waals surface area contributed by atoms with Crippen LogP contribution < -0.4 is 10.6 Å². The van der Waals surface area contributed by atoms with Gasteiger partial charge in [-0.2, -0.15) is 0 Å². The van der Waals surface area contributed by atoms with Crippen molar-refractivity contribution in [2.45, 2.75) is 31.7 Å². The number of amides is 2. The first-order valence-electron chi connectivity index (χ1n) is 11.0. The number of carboxylic acids is 1. The van der Waals surface area contributed by atoms with Gasteiger partial charge in [-0.15, -0.1) is 0 Å². The fraction of sp³-hybridized carbons (Fsp3) is 0.231. The number of rotatable bonds is 8. The van der Waals surface area contributed by atoms with E-state index < -0.39 is 18.1 Å². The molecule has 174 valence electrons. The molecular formula is C26H25N3O5. The molecule has 0 aliphatic heterocycles. The highest BCUT2D eigenvalue weighted by Crippen LogP contribution is 2.44. The molecule has 0 unspecified atom stereocenters. The van der Waals surface area contributed by atoms with Crippen LogP contribution in [0.2, 0.25) is 0 Å². The number of carbonyl (C=O) groups excluding carboxylic acids is 2. The highest BCUT2D eigenvalue weighted by molar-refractivity contribution is 5.85. The normalized spacial score (nSPS) is 12.9. The van der Waals surface area contributed by atoms with Gasteiger partial charge in [0.15, 0.2) is 0 Å². The molecule has 0 bridgehead atoms. The van der Waals surface area contributed by atoms with Crippen molar-refractivity contribution in [1.82, 2.24) is 10.3 Å². The van der Waals surface area contributed by atoms with Crippen molar-refractivity contribution in [3.63, 3.8) is 0 Å². The van der Waals surface area contributed by atoms with Crippen LogP contribution in [0, 0.1) is 0 Å². The number of pyridine rings is 1. The summed E-state index contributed by atoms with van der Waals surface area (Å²) in [6.45, 7) is 1.83. The summed E-state index contributed by atoms with van der Waals surface area (Å²) in [5.41, 5.74) is 5.54. The summed E-state index contributed by atoms with van der Waals surface area (Å²) < 4.78 is 5.52. The second-order valence-corrected chi connectivity index (χ2v) is 8.23. The molecule has 1 atom stereocenters. The molecule has 1 aliphatic rings. The predicted octanol–water partition coefficient (Wildman–Crippen LogP) is 3.96. The van der Waals surface area contributed by atoms with E-state index in [4.69, 9.17) is 9.84 Å². The summed E-state index contributed by atoms with van der Waals surface area (Å²) in [6.07, 6.45) is 0.721.